The van der Waals surface area contributed by atoms with Crippen molar-refractivity contribution in [1.29, 1.82) is 0 Å². The minimum atomic E-state index is -0.830. The summed E-state index contributed by atoms with van der Waals surface area (Å²) in [7, 11) is 4.01. The first-order chi connectivity index (χ1) is 34.0. The maximum atomic E-state index is 13.9. The van der Waals surface area contributed by atoms with Crippen molar-refractivity contribution in [2.75, 3.05) is 53.6 Å². The van der Waals surface area contributed by atoms with Crippen molar-refractivity contribution in [3.8, 4) is 11.5 Å². The Morgan fingerprint density at radius 3 is 1.79 bits per heavy atom. The molecule has 15 nitrogen and oxygen atoms in total. The number of carbonyl (C=O) groups excluding carboxylic acids is 2. The SMILES string of the molecule is C.C=CCOc1c(I)cccc1CN1O[C@@H](CO)[C@@H]([C@H](C)O)[C@H]1C(=O)NC[C@@H](C)[C@@H]1C[C@H](C)C1(C)C.C[C@@H]1[C@@H](NC(=O)[C@@H]2[C@H]([C@H](C)O)[C@H](CO)ON2Cc2cccc(I)c2OCCN(C)C)C[C@H]2C[C@@H]1C2(C)C. The van der Waals surface area contributed by atoms with Crippen LogP contribution in [-0.2, 0) is 32.4 Å². The van der Waals surface area contributed by atoms with E-state index in [-0.39, 0.29) is 50.5 Å². The normalized spacial score (nSPS) is 31.4. The third kappa shape index (κ3) is 13.8. The van der Waals surface area contributed by atoms with E-state index in [0.717, 1.165) is 37.0 Å². The number of aliphatic hydroxyl groups is 4. The zero-order chi connectivity index (χ0) is 53.0. The summed E-state index contributed by atoms with van der Waals surface area (Å²) in [5.41, 5.74) is 2.36. The number of rotatable bonds is 21. The second-order valence-corrected chi connectivity index (χ2v) is 25.2. The van der Waals surface area contributed by atoms with E-state index in [9.17, 15) is 30.0 Å². The number of hydrogen-bond donors (Lipinski definition) is 6. The molecule has 412 valence electrons. The maximum Gasteiger partial charge on any atom is 0.240 e. The predicted octanol–water partition coefficient (Wildman–Crippen LogP) is 7.29. The molecule has 2 aromatic rings. The molecule has 6 aliphatic rings. The van der Waals surface area contributed by atoms with Crippen LogP contribution in [0, 0.1) is 65.3 Å². The predicted molar refractivity (Wildman–Crippen MR) is 302 cm³/mol. The van der Waals surface area contributed by atoms with E-state index in [0.29, 0.717) is 73.0 Å². The molecule has 2 bridgehead atoms. The number of likely N-dealkylation sites (N-methyl/N-ethyl adjacent to an activating group) is 1. The van der Waals surface area contributed by atoms with Crippen LogP contribution in [-0.4, -0.2) is 143 Å². The Kier molecular flexibility index (Phi) is 22.3. The molecule has 4 saturated carbocycles. The number of carbonyl (C=O) groups is 2. The number of halogens is 2. The van der Waals surface area contributed by atoms with Crippen LogP contribution in [0.5, 0.6) is 11.5 Å². The van der Waals surface area contributed by atoms with E-state index in [1.165, 1.54) is 12.8 Å². The Morgan fingerprint density at radius 2 is 1.36 bits per heavy atom. The number of para-hydroxylation sites is 2. The summed E-state index contributed by atoms with van der Waals surface area (Å²) in [6, 6.07) is 10.4. The first-order valence-electron chi connectivity index (χ1n) is 26.1. The molecule has 0 radical (unpaired) electrons. The number of aliphatic hydroxyl groups excluding tert-OH is 4. The summed E-state index contributed by atoms with van der Waals surface area (Å²) in [5.74, 6) is 3.26. The average Bonchev–Trinajstić information content (AvgIpc) is 3.89. The molecule has 0 aromatic heterocycles. The Labute approximate surface area is 464 Å². The quantitative estimate of drug-likeness (QED) is 0.0542. The average molecular weight is 1250 g/mol. The van der Waals surface area contributed by atoms with Crippen molar-refractivity contribution < 1.29 is 49.2 Å². The van der Waals surface area contributed by atoms with Crippen LogP contribution in [0.1, 0.15) is 100 Å². The van der Waals surface area contributed by atoms with Crippen LogP contribution in [0.3, 0.4) is 0 Å². The molecular formula is C56H89I2N5O10. The van der Waals surface area contributed by atoms with Gasteiger partial charge in [0.05, 0.1) is 45.7 Å². The van der Waals surface area contributed by atoms with Crippen LogP contribution >= 0.6 is 45.2 Å². The lowest BCUT2D eigenvalue weighted by Gasteiger charge is -2.62. The van der Waals surface area contributed by atoms with E-state index in [1.807, 2.05) is 50.5 Å². The molecular weight excluding hydrogens is 1160 g/mol. The van der Waals surface area contributed by atoms with Crippen molar-refractivity contribution in [2.24, 2.45) is 58.2 Å². The van der Waals surface area contributed by atoms with E-state index in [2.05, 4.69) is 116 Å². The molecule has 2 aromatic carbocycles. The summed E-state index contributed by atoms with van der Waals surface area (Å²) < 4.78 is 14.0. The number of nitrogens with one attached hydrogen (secondary N) is 2. The largest absolute Gasteiger partial charge is 0.491 e. The summed E-state index contributed by atoms with van der Waals surface area (Å²) in [6.45, 7) is 25.4. The van der Waals surface area contributed by atoms with Gasteiger partial charge in [0.25, 0.3) is 0 Å². The number of amides is 2. The van der Waals surface area contributed by atoms with Crippen molar-refractivity contribution in [3.63, 3.8) is 0 Å². The Bertz CT molecular complexity index is 2150. The first-order valence-corrected chi connectivity index (χ1v) is 28.2. The first kappa shape index (κ1) is 61.7. The molecule has 8 rings (SSSR count). The van der Waals surface area contributed by atoms with Crippen LogP contribution < -0.4 is 20.1 Å². The minimum Gasteiger partial charge on any atom is -0.491 e. The molecule has 0 unspecified atom stereocenters. The van der Waals surface area contributed by atoms with Crippen molar-refractivity contribution >= 4 is 57.0 Å². The van der Waals surface area contributed by atoms with Gasteiger partial charge >= 0.3 is 0 Å². The van der Waals surface area contributed by atoms with Gasteiger partial charge in [0.2, 0.25) is 11.8 Å². The lowest BCUT2D eigenvalue weighted by atomic mass is 9.45. The zero-order valence-electron chi connectivity index (χ0n) is 44.5. The van der Waals surface area contributed by atoms with Crippen LogP contribution in [0.15, 0.2) is 49.1 Å². The Balaban J connectivity index is 0.000000268. The van der Waals surface area contributed by atoms with E-state index < -0.39 is 48.3 Å². The van der Waals surface area contributed by atoms with E-state index in [4.69, 9.17) is 19.1 Å². The highest BCUT2D eigenvalue weighted by Gasteiger charge is 2.58. The highest BCUT2D eigenvalue weighted by Crippen LogP contribution is 2.61. The molecule has 2 saturated heterocycles. The number of nitrogens with zero attached hydrogens (tertiary/aromatic N) is 3. The second-order valence-electron chi connectivity index (χ2n) is 22.9. The summed E-state index contributed by atoms with van der Waals surface area (Å²) in [5, 5.41) is 51.0. The summed E-state index contributed by atoms with van der Waals surface area (Å²) in [6.07, 6.45) is 2.10. The van der Waals surface area contributed by atoms with Gasteiger partial charge in [-0.15, -0.1) is 0 Å². The standard InChI is InChI=1S/C28H44IN3O5.C27H41IN2O5.CH4/c1-16-20-12-19(28(20,3)4)13-22(16)30-27(35)25-24(17(2)34)23(15-33)37-32(25)14-18-8-7-9-21(29)26(18)36-11-10-31(5)6;1-7-11-34-25-19(9-8-10-21(25)28)14-30-24(23(18(4)32)22(15-31)35-30)26(33)29-13-16(2)20-12-17(3)27(20,5)6;/h7-9,16-17,19-20,22-25,33-34H,10-15H2,1-6H3,(H,30,35);7-10,16-18,20,22-24,31-32H,1,11-15H2,2-6H3,(H,29,33);1H4/t16-,17-,19+,20-,22-,23-,24+,25-;16-,17+,18+,20+,22+,23-,24+;/m01./s1. The molecule has 6 fully saturated rings. The molecule has 73 heavy (non-hydrogen) atoms. The second kappa shape index (κ2) is 26.4. The smallest absolute Gasteiger partial charge is 0.240 e. The Hall–Kier alpha value is -2.18. The van der Waals surface area contributed by atoms with Gasteiger partial charge in [0.15, 0.2) is 0 Å². The number of benzene rings is 2. The fourth-order valence-corrected chi connectivity index (χ4v) is 13.9. The van der Waals surface area contributed by atoms with Gasteiger partial charge in [0, 0.05) is 42.1 Å². The highest BCUT2D eigenvalue weighted by atomic mass is 127. The summed E-state index contributed by atoms with van der Waals surface area (Å²) >= 11 is 4.48. The third-order valence-electron chi connectivity index (χ3n) is 17.4. The maximum absolute atomic E-state index is 13.9. The Morgan fingerprint density at radius 1 is 0.836 bits per heavy atom. The van der Waals surface area contributed by atoms with Gasteiger partial charge in [0.1, 0.15) is 49.0 Å². The van der Waals surface area contributed by atoms with E-state index in [1.54, 1.807) is 30.0 Å². The fraction of sp³-hybridized carbons (Fsp3) is 0.714. The van der Waals surface area contributed by atoms with Gasteiger partial charge in [-0.1, -0.05) is 92.8 Å². The fourth-order valence-electron chi connectivity index (χ4n) is 12.5. The molecule has 0 spiro atoms. The number of hydroxylamine groups is 4. The van der Waals surface area contributed by atoms with Crippen LogP contribution in [0.4, 0.5) is 0 Å². The van der Waals surface area contributed by atoms with E-state index >= 15 is 0 Å². The number of hydrogen-bond acceptors (Lipinski definition) is 13. The lowest BCUT2D eigenvalue weighted by Crippen LogP contribution is -2.62. The van der Waals surface area contributed by atoms with Crippen molar-refractivity contribution in [2.45, 2.75) is 145 Å². The molecule has 17 heteroatoms. The lowest BCUT2D eigenvalue weighted by molar-refractivity contribution is -0.183. The number of ether oxygens (including phenoxy) is 2. The molecule has 4 aliphatic carbocycles. The van der Waals surface area contributed by atoms with Crippen LogP contribution in [0.25, 0.3) is 0 Å². The zero-order valence-corrected chi connectivity index (χ0v) is 48.8. The van der Waals surface area contributed by atoms with Crippen molar-refractivity contribution in [1.82, 2.24) is 25.7 Å². The molecule has 15 atom stereocenters. The van der Waals surface area contributed by atoms with Crippen LogP contribution in [0.2, 0.25) is 0 Å². The third-order valence-corrected chi connectivity index (χ3v) is 19.1. The van der Waals surface area contributed by atoms with Gasteiger partial charge in [-0.25, -0.2) is 0 Å². The molecule has 2 amide bonds. The van der Waals surface area contributed by atoms with Gasteiger partial charge in [-0.05, 0) is 151 Å². The van der Waals surface area contributed by atoms with Gasteiger partial charge < -0.3 is 45.4 Å². The van der Waals surface area contributed by atoms with Gasteiger partial charge in [-0.3, -0.25) is 19.3 Å². The summed E-state index contributed by atoms with van der Waals surface area (Å²) in [4.78, 5) is 41.6. The molecule has 6 N–H and O–H groups in total. The molecule has 2 aliphatic heterocycles. The van der Waals surface area contributed by atoms with Crippen molar-refractivity contribution in [3.05, 3.63) is 67.3 Å². The minimum absolute atomic E-state index is 0. The molecule has 2 heterocycles. The highest BCUT2D eigenvalue weighted by molar-refractivity contribution is 14.1. The number of fused-ring (bicyclic) bond motifs is 2. The monoisotopic (exact) mass is 1250 g/mol. The van der Waals surface area contributed by atoms with Gasteiger partial charge in [-0.2, -0.15) is 10.1 Å². The topological polar surface area (TPSA) is 186 Å².